The highest BCUT2D eigenvalue weighted by atomic mass is 19.1. The minimum Gasteiger partial charge on any atom is -0.376 e. The van der Waals surface area contributed by atoms with Gasteiger partial charge >= 0.3 is 0 Å². The molecule has 7 heteroatoms. The van der Waals surface area contributed by atoms with Crippen molar-refractivity contribution in [2.45, 2.75) is 43.9 Å². The maximum absolute atomic E-state index is 14.9. The summed E-state index contributed by atoms with van der Waals surface area (Å²) in [7, 11) is 0. The van der Waals surface area contributed by atoms with Crippen LogP contribution < -0.4 is 16.1 Å². The summed E-state index contributed by atoms with van der Waals surface area (Å²) in [5, 5.41) is 6.84. The topological polar surface area (TPSA) is 71.6 Å². The molecule has 2 fully saturated rings. The van der Waals surface area contributed by atoms with Crippen molar-refractivity contribution in [1.29, 1.82) is 0 Å². The van der Waals surface area contributed by atoms with Gasteiger partial charge in [0.05, 0.1) is 11.2 Å². The Hall–Kier alpha value is -2.74. The zero-order valence-electron chi connectivity index (χ0n) is 18.1. The van der Waals surface area contributed by atoms with Crippen LogP contribution in [0.15, 0.2) is 54.6 Å². The quantitative estimate of drug-likeness (QED) is 0.431. The molecule has 2 aromatic rings. The monoisotopic (exact) mass is 439 g/mol. The molecule has 0 radical (unpaired) electrons. The minimum atomic E-state index is -0.416. The van der Waals surface area contributed by atoms with Crippen LogP contribution >= 0.6 is 0 Å². The first-order valence-corrected chi connectivity index (χ1v) is 11.2. The van der Waals surface area contributed by atoms with E-state index in [-0.39, 0.29) is 11.4 Å². The maximum atomic E-state index is 14.9. The number of anilines is 1. The second-order valence-corrected chi connectivity index (χ2v) is 8.45. The van der Waals surface area contributed by atoms with Crippen LogP contribution in [0, 0.1) is 5.82 Å². The van der Waals surface area contributed by atoms with Crippen molar-refractivity contribution in [2.24, 2.45) is 0 Å². The fourth-order valence-corrected chi connectivity index (χ4v) is 4.19. The Kier molecular flexibility index (Phi) is 7.52. The third-order valence-corrected chi connectivity index (χ3v) is 5.88. The van der Waals surface area contributed by atoms with Crippen LogP contribution in [0.5, 0.6) is 0 Å². The van der Waals surface area contributed by atoms with Crippen molar-refractivity contribution in [3.63, 3.8) is 0 Å². The van der Waals surface area contributed by atoms with Gasteiger partial charge in [-0.25, -0.2) is 14.7 Å². The number of halogens is 1. The number of carbonyl (C=O) groups excluding carboxylic acids is 1. The summed E-state index contributed by atoms with van der Waals surface area (Å²) in [4.78, 5) is 17.2. The Morgan fingerprint density at radius 2 is 2.12 bits per heavy atom. The van der Waals surface area contributed by atoms with Crippen LogP contribution in [0.2, 0.25) is 0 Å². The third kappa shape index (κ3) is 6.16. The Balaban J connectivity index is 1.35. The van der Waals surface area contributed by atoms with Gasteiger partial charge in [-0.3, -0.25) is 4.79 Å². The van der Waals surface area contributed by atoms with Crippen LogP contribution in [0.3, 0.4) is 0 Å². The van der Waals surface area contributed by atoms with Gasteiger partial charge in [0.25, 0.3) is 5.91 Å². The number of ether oxygens (including phenoxy) is 1. The molecule has 6 nitrogen and oxygen atoms in total. The smallest absolute Gasteiger partial charge is 0.267 e. The zero-order valence-corrected chi connectivity index (χ0v) is 18.1. The molecule has 3 N–H and O–H groups in total. The molecule has 1 unspecified atom stereocenters. The number of nitrogens with one attached hydrogen (secondary N) is 3. The van der Waals surface area contributed by atoms with Gasteiger partial charge in [-0.1, -0.05) is 36.4 Å². The van der Waals surface area contributed by atoms with Crippen molar-refractivity contribution in [1.82, 2.24) is 10.8 Å². The van der Waals surface area contributed by atoms with Crippen LogP contribution in [0.25, 0.3) is 6.08 Å². The predicted octanol–water partition coefficient (Wildman–Crippen LogP) is 3.80. The fraction of sp³-hybridized carbons (Fsp3) is 0.400. The number of benzene rings is 2. The summed E-state index contributed by atoms with van der Waals surface area (Å²) < 4.78 is 20.3. The molecular weight excluding hydrogens is 409 g/mol. The summed E-state index contributed by atoms with van der Waals surface area (Å²) in [6.45, 7) is 2.30. The molecule has 2 heterocycles. The van der Waals surface area contributed by atoms with Gasteiger partial charge in [0, 0.05) is 25.6 Å². The Morgan fingerprint density at radius 3 is 2.84 bits per heavy atom. The van der Waals surface area contributed by atoms with Gasteiger partial charge in [0.1, 0.15) is 5.82 Å². The molecule has 0 saturated carbocycles. The summed E-state index contributed by atoms with van der Waals surface area (Å²) in [6, 6.07) is 15.2. The van der Waals surface area contributed by atoms with E-state index in [1.54, 1.807) is 18.2 Å². The molecule has 2 saturated heterocycles. The molecule has 0 bridgehead atoms. The summed E-state index contributed by atoms with van der Waals surface area (Å²) in [6.07, 6.45) is 6.97. The van der Waals surface area contributed by atoms with Crippen molar-refractivity contribution < 1.29 is 18.8 Å². The first-order valence-electron chi connectivity index (χ1n) is 11.2. The molecule has 0 aromatic heterocycles. The summed E-state index contributed by atoms with van der Waals surface area (Å²) in [5.74, 6) is -0.764. The second-order valence-electron chi connectivity index (χ2n) is 8.45. The van der Waals surface area contributed by atoms with Crippen molar-refractivity contribution in [3.8, 4) is 0 Å². The molecule has 170 valence electrons. The molecule has 1 amide bonds. The average Bonchev–Trinajstić information content (AvgIpc) is 3.27. The van der Waals surface area contributed by atoms with E-state index in [1.165, 1.54) is 17.7 Å². The number of amides is 1. The van der Waals surface area contributed by atoms with Gasteiger partial charge in [-0.05, 0) is 61.6 Å². The Morgan fingerprint density at radius 1 is 1.25 bits per heavy atom. The van der Waals surface area contributed by atoms with E-state index in [4.69, 9.17) is 9.57 Å². The third-order valence-electron chi connectivity index (χ3n) is 5.88. The lowest BCUT2D eigenvalue weighted by Gasteiger charge is -2.31. The van der Waals surface area contributed by atoms with E-state index in [2.05, 4.69) is 28.2 Å². The first-order chi connectivity index (χ1) is 15.6. The SMILES string of the molecule is O=C(/C=C/c1ccc(N[C@]2(Cc3ccccc3)CCNC2)c(F)c1)NOC1CCCCO1. The lowest BCUT2D eigenvalue weighted by Crippen LogP contribution is -2.43. The van der Waals surface area contributed by atoms with Gasteiger partial charge < -0.3 is 15.4 Å². The molecule has 2 atom stereocenters. The van der Waals surface area contributed by atoms with Gasteiger partial charge in [-0.2, -0.15) is 0 Å². The Labute approximate surface area is 188 Å². The van der Waals surface area contributed by atoms with Crippen LogP contribution in [0.1, 0.15) is 36.8 Å². The molecule has 4 rings (SSSR count). The van der Waals surface area contributed by atoms with E-state index in [9.17, 15) is 9.18 Å². The summed E-state index contributed by atoms with van der Waals surface area (Å²) >= 11 is 0. The van der Waals surface area contributed by atoms with E-state index >= 15 is 0 Å². The number of rotatable bonds is 8. The fourth-order valence-electron chi connectivity index (χ4n) is 4.19. The van der Waals surface area contributed by atoms with E-state index in [0.29, 0.717) is 17.9 Å². The minimum absolute atomic E-state index is 0.238. The lowest BCUT2D eigenvalue weighted by molar-refractivity contribution is -0.198. The van der Waals surface area contributed by atoms with Crippen molar-refractivity contribution >= 4 is 17.7 Å². The molecule has 32 heavy (non-hydrogen) atoms. The van der Waals surface area contributed by atoms with Crippen LogP contribution in [-0.2, 0) is 20.8 Å². The number of hydrogen-bond donors (Lipinski definition) is 3. The van der Waals surface area contributed by atoms with Gasteiger partial charge in [0.15, 0.2) is 6.29 Å². The van der Waals surface area contributed by atoms with Gasteiger partial charge in [-0.15, -0.1) is 0 Å². The highest BCUT2D eigenvalue weighted by molar-refractivity contribution is 5.91. The van der Waals surface area contributed by atoms with Crippen molar-refractivity contribution in [3.05, 3.63) is 71.6 Å². The molecule has 2 aliphatic heterocycles. The zero-order chi connectivity index (χ0) is 22.2. The largest absolute Gasteiger partial charge is 0.376 e. The van der Waals surface area contributed by atoms with Crippen molar-refractivity contribution in [2.75, 3.05) is 25.0 Å². The number of hydroxylamine groups is 1. The highest BCUT2D eigenvalue weighted by Gasteiger charge is 2.34. The average molecular weight is 440 g/mol. The van der Waals surface area contributed by atoms with Crippen LogP contribution in [0.4, 0.5) is 10.1 Å². The second kappa shape index (κ2) is 10.7. The normalized spacial score (nSPS) is 23.3. The molecule has 2 aromatic carbocycles. The standard InChI is InChI=1S/C25H30FN3O3/c26-21-16-19(10-12-23(30)29-32-24-8-4-5-15-31-24)9-11-22(21)28-25(13-14-27-18-25)17-20-6-2-1-3-7-20/h1-3,6-7,9-12,16,24,27-28H,4-5,8,13-15,17-18H2,(H,29,30)/b12-10+/t24?,25-/m0/s1. The first kappa shape index (κ1) is 22.5. The van der Waals surface area contributed by atoms with E-state index in [1.807, 2.05) is 18.2 Å². The maximum Gasteiger partial charge on any atom is 0.267 e. The molecular formula is C25H30FN3O3. The molecule has 0 spiro atoms. The van der Waals surface area contributed by atoms with E-state index < -0.39 is 12.2 Å². The van der Waals surface area contributed by atoms with Gasteiger partial charge in [0.2, 0.25) is 0 Å². The summed E-state index contributed by atoms with van der Waals surface area (Å²) in [5.41, 5.74) is 4.40. The predicted molar refractivity (Wildman–Crippen MR) is 122 cm³/mol. The molecule has 0 aliphatic carbocycles. The van der Waals surface area contributed by atoms with E-state index in [0.717, 1.165) is 45.2 Å². The highest BCUT2D eigenvalue weighted by Crippen LogP contribution is 2.28. The lowest BCUT2D eigenvalue weighted by atomic mass is 9.89. The Bertz CT molecular complexity index is 923. The number of carbonyl (C=O) groups is 1. The van der Waals surface area contributed by atoms with Crippen LogP contribution in [-0.4, -0.2) is 37.4 Å². The molecule has 2 aliphatic rings. The number of hydrogen-bond acceptors (Lipinski definition) is 5.